The van der Waals surface area contributed by atoms with E-state index >= 15 is 0 Å². The van der Waals surface area contributed by atoms with E-state index in [-0.39, 0.29) is 11.8 Å². The van der Waals surface area contributed by atoms with Crippen molar-refractivity contribution in [1.29, 1.82) is 0 Å². The number of hydrogen-bond donors (Lipinski definition) is 1. The Kier molecular flexibility index (Phi) is 5.31. The van der Waals surface area contributed by atoms with E-state index < -0.39 is 6.61 Å². The van der Waals surface area contributed by atoms with Gasteiger partial charge in [0.05, 0.1) is 0 Å². The van der Waals surface area contributed by atoms with Crippen LogP contribution >= 0.6 is 0 Å². The van der Waals surface area contributed by atoms with Crippen molar-refractivity contribution in [2.24, 2.45) is 5.73 Å². The molecule has 2 rings (SSSR count). The number of hydrogen-bond acceptors (Lipinski definition) is 3. The fraction of sp³-hybridized carbons (Fsp3) is 0.600. The molecule has 2 unspecified atom stereocenters. The predicted molar refractivity (Wildman–Crippen MR) is 74.9 cm³/mol. The maximum Gasteiger partial charge on any atom is 0.387 e. The lowest BCUT2D eigenvalue weighted by Crippen LogP contribution is -2.37. The Morgan fingerprint density at radius 1 is 1.35 bits per heavy atom. The van der Waals surface area contributed by atoms with Gasteiger partial charge in [0.1, 0.15) is 5.75 Å². The van der Waals surface area contributed by atoms with E-state index in [4.69, 9.17) is 5.73 Å². The molecule has 5 heteroatoms. The summed E-state index contributed by atoms with van der Waals surface area (Å²) in [6.45, 7) is 0.992. The standard InChI is InChI=1S/C15H22F2N2O/c1-2-12-4-3-9-19(12)14(10-18)11-5-7-13(8-6-11)20-15(16)17/h5-8,12,14-15H,2-4,9-10,18H2,1H3. The minimum Gasteiger partial charge on any atom is -0.435 e. The van der Waals surface area contributed by atoms with E-state index in [1.54, 1.807) is 12.1 Å². The molecule has 112 valence electrons. The minimum absolute atomic E-state index is 0.156. The molecule has 1 aliphatic heterocycles. The van der Waals surface area contributed by atoms with E-state index in [1.165, 1.54) is 12.8 Å². The van der Waals surface area contributed by atoms with Gasteiger partial charge >= 0.3 is 6.61 Å². The highest BCUT2D eigenvalue weighted by Gasteiger charge is 2.29. The van der Waals surface area contributed by atoms with Crippen molar-refractivity contribution in [3.8, 4) is 5.75 Å². The molecular formula is C15H22F2N2O. The van der Waals surface area contributed by atoms with Gasteiger partial charge in [-0.25, -0.2) is 0 Å². The highest BCUT2D eigenvalue weighted by atomic mass is 19.3. The molecule has 0 saturated carbocycles. The van der Waals surface area contributed by atoms with Gasteiger partial charge in [0.2, 0.25) is 0 Å². The van der Waals surface area contributed by atoms with Crippen molar-refractivity contribution in [3.63, 3.8) is 0 Å². The van der Waals surface area contributed by atoms with Gasteiger partial charge in [-0.2, -0.15) is 8.78 Å². The summed E-state index contributed by atoms with van der Waals surface area (Å²) in [6, 6.07) is 7.56. The summed E-state index contributed by atoms with van der Waals surface area (Å²) < 4.78 is 28.6. The quantitative estimate of drug-likeness (QED) is 0.872. The van der Waals surface area contributed by atoms with Gasteiger partial charge in [-0.05, 0) is 43.5 Å². The lowest BCUT2D eigenvalue weighted by atomic mass is 10.0. The Balaban J connectivity index is 2.11. The Labute approximate surface area is 118 Å². The molecule has 2 N–H and O–H groups in total. The Morgan fingerprint density at radius 3 is 2.60 bits per heavy atom. The number of nitrogens with two attached hydrogens (primary N) is 1. The van der Waals surface area contributed by atoms with Crippen LogP contribution in [0.1, 0.15) is 37.8 Å². The van der Waals surface area contributed by atoms with Crippen LogP contribution in [0.15, 0.2) is 24.3 Å². The number of likely N-dealkylation sites (tertiary alicyclic amines) is 1. The first kappa shape index (κ1) is 15.2. The number of nitrogens with zero attached hydrogens (tertiary/aromatic N) is 1. The third kappa shape index (κ3) is 3.46. The molecule has 1 aromatic carbocycles. The van der Waals surface area contributed by atoms with Gasteiger partial charge in [0.25, 0.3) is 0 Å². The average molecular weight is 284 g/mol. The van der Waals surface area contributed by atoms with Crippen LogP contribution in [0.4, 0.5) is 8.78 Å². The molecule has 2 atom stereocenters. The smallest absolute Gasteiger partial charge is 0.387 e. The summed E-state index contributed by atoms with van der Waals surface area (Å²) in [5.41, 5.74) is 6.99. The number of alkyl halides is 2. The van der Waals surface area contributed by atoms with E-state index in [0.29, 0.717) is 12.6 Å². The topological polar surface area (TPSA) is 38.5 Å². The van der Waals surface area contributed by atoms with Crippen LogP contribution in [-0.2, 0) is 0 Å². The maximum absolute atomic E-state index is 12.1. The van der Waals surface area contributed by atoms with Gasteiger partial charge in [0, 0.05) is 18.6 Å². The second kappa shape index (κ2) is 6.99. The van der Waals surface area contributed by atoms with Crippen molar-refractivity contribution >= 4 is 0 Å². The van der Waals surface area contributed by atoms with Crippen molar-refractivity contribution < 1.29 is 13.5 Å². The zero-order valence-corrected chi connectivity index (χ0v) is 11.8. The molecular weight excluding hydrogens is 262 g/mol. The lowest BCUT2D eigenvalue weighted by molar-refractivity contribution is -0.0498. The molecule has 1 aromatic rings. The highest BCUT2D eigenvalue weighted by molar-refractivity contribution is 5.29. The Hall–Kier alpha value is -1.20. The largest absolute Gasteiger partial charge is 0.435 e. The summed E-state index contributed by atoms with van der Waals surface area (Å²) in [4.78, 5) is 2.43. The second-order valence-electron chi connectivity index (χ2n) is 5.14. The van der Waals surface area contributed by atoms with E-state index in [9.17, 15) is 8.78 Å². The van der Waals surface area contributed by atoms with Crippen LogP contribution in [0.3, 0.4) is 0 Å². The van der Waals surface area contributed by atoms with Gasteiger partial charge in [-0.15, -0.1) is 0 Å². The summed E-state index contributed by atoms with van der Waals surface area (Å²) in [5.74, 6) is 0.188. The molecule has 0 bridgehead atoms. The fourth-order valence-corrected chi connectivity index (χ4v) is 3.04. The lowest BCUT2D eigenvalue weighted by Gasteiger charge is -2.32. The van der Waals surface area contributed by atoms with Crippen molar-refractivity contribution in [1.82, 2.24) is 4.90 Å². The first-order chi connectivity index (χ1) is 9.65. The average Bonchev–Trinajstić information content (AvgIpc) is 2.89. The predicted octanol–water partition coefficient (Wildman–Crippen LogP) is 3.16. The summed E-state index contributed by atoms with van der Waals surface area (Å²) in [7, 11) is 0. The van der Waals surface area contributed by atoms with E-state index in [2.05, 4.69) is 16.6 Å². The number of benzene rings is 1. The number of ether oxygens (including phenoxy) is 1. The third-order valence-corrected chi connectivity index (χ3v) is 4.01. The Morgan fingerprint density at radius 2 is 2.05 bits per heavy atom. The van der Waals surface area contributed by atoms with E-state index in [0.717, 1.165) is 18.5 Å². The molecule has 0 spiro atoms. The van der Waals surface area contributed by atoms with Crippen molar-refractivity contribution in [2.75, 3.05) is 13.1 Å². The molecule has 1 aliphatic rings. The van der Waals surface area contributed by atoms with Crippen LogP contribution < -0.4 is 10.5 Å². The molecule has 1 saturated heterocycles. The normalized spacial score (nSPS) is 21.4. The molecule has 0 amide bonds. The molecule has 20 heavy (non-hydrogen) atoms. The van der Waals surface area contributed by atoms with Gasteiger partial charge in [-0.1, -0.05) is 19.1 Å². The summed E-state index contributed by atoms with van der Waals surface area (Å²) in [6.07, 6.45) is 3.52. The van der Waals surface area contributed by atoms with Gasteiger partial charge < -0.3 is 10.5 Å². The van der Waals surface area contributed by atoms with E-state index in [1.807, 2.05) is 12.1 Å². The Bertz CT molecular complexity index is 411. The maximum atomic E-state index is 12.1. The van der Waals surface area contributed by atoms with Crippen molar-refractivity contribution in [3.05, 3.63) is 29.8 Å². The number of halogens is 2. The summed E-state index contributed by atoms with van der Waals surface area (Å²) in [5, 5.41) is 0. The first-order valence-corrected chi connectivity index (χ1v) is 7.16. The molecule has 1 heterocycles. The molecule has 3 nitrogen and oxygen atoms in total. The first-order valence-electron chi connectivity index (χ1n) is 7.16. The molecule has 1 fully saturated rings. The monoisotopic (exact) mass is 284 g/mol. The highest BCUT2D eigenvalue weighted by Crippen LogP contribution is 2.31. The van der Waals surface area contributed by atoms with Gasteiger partial charge in [-0.3, -0.25) is 4.90 Å². The second-order valence-corrected chi connectivity index (χ2v) is 5.14. The number of rotatable bonds is 6. The molecule has 0 aromatic heterocycles. The SMILES string of the molecule is CCC1CCCN1C(CN)c1ccc(OC(F)F)cc1. The zero-order valence-electron chi connectivity index (χ0n) is 11.8. The third-order valence-electron chi connectivity index (χ3n) is 4.01. The van der Waals surface area contributed by atoms with Crippen LogP contribution in [0.2, 0.25) is 0 Å². The van der Waals surface area contributed by atoms with Crippen LogP contribution in [0, 0.1) is 0 Å². The van der Waals surface area contributed by atoms with Gasteiger partial charge in [0.15, 0.2) is 0 Å². The minimum atomic E-state index is -2.78. The fourth-order valence-electron chi connectivity index (χ4n) is 3.04. The van der Waals surface area contributed by atoms with Crippen LogP contribution in [-0.4, -0.2) is 30.6 Å². The van der Waals surface area contributed by atoms with Crippen LogP contribution in [0.25, 0.3) is 0 Å². The van der Waals surface area contributed by atoms with Crippen LogP contribution in [0.5, 0.6) is 5.75 Å². The summed E-state index contributed by atoms with van der Waals surface area (Å²) >= 11 is 0. The molecule has 0 aliphatic carbocycles. The molecule has 0 radical (unpaired) electrons. The zero-order chi connectivity index (χ0) is 14.5. The van der Waals surface area contributed by atoms with Crippen molar-refractivity contribution in [2.45, 2.75) is 44.9 Å².